The van der Waals surface area contributed by atoms with Crippen molar-refractivity contribution in [3.8, 4) is 11.5 Å². The molecule has 0 bridgehead atoms. The highest BCUT2D eigenvalue weighted by molar-refractivity contribution is 5.54. The van der Waals surface area contributed by atoms with Crippen molar-refractivity contribution in [1.82, 2.24) is 15.1 Å². The lowest BCUT2D eigenvalue weighted by Gasteiger charge is -2.32. The summed E-state index contributed by atoms with van der Waals surface area (Å²) in [6.07, 6.45) is 1.11. The van der Waals surface area contributed by atoms with Gasteiger partial charge in [-0.1, -0.05) is 0 Å². The average Bonchev–Trinajstić information content (AvgIpc) is 3.10. The maximum Gasteiger partial charge on any atom is 0.277 e. The number of ether oxygens (including phenoxy) is 2. The van der Waals surface area contributed by atoms with Crippen LogP contribution in [0.4, 0.5) is 5.69 Å². The van der Waals surface area contributed by atoms with E-state index in [1.54, 1.807) is 13.2 Å². The van der Waals surface area contributed by atoms with Gasteiger partial charge in [-0.3, -0.25) is 19.9 Å². The molecule has 2 fully saturated rings. The number of methoxy groups -OCH3 is 2. The molecule has 3 rings (SSSR count). The lowest BCUT2D eigenvalue weighted by atomic mass is 10.1. The molecule has 2 aliphatic heterocycles. The lowest BCUT2D eigenvalue weighted by Crippen LogP contribution is -2.49. The maximum absolute atomic E-state index is 11.5. The number of benzene rings is 1. The Morgan fingerprint density at radius 2 is 1.88 bits per heavy atom. The minimum Gasteiger partial charge on any atom is -0.493 e. The number of hydrogen-bond acceptors (Lipinski definition) is 7. The summed E-state index contributed by atoms with van der Waals surface area (Å²) in [5, 5.41) is 14.8. The predicted molar refractivity (Wildman–Crippen MR) is 94.3 cm³/mol. The summed E-state index contributed by atoms with van der Waals surface area (Å²) in [5.74, 6) is 0.916. The third-order valence-corrected chi connectivity index (χ3v) is 5.09. The molecule has 0 aliphatic carbocycles. The summed E-state index contributed by atoms with van der Waals surface area (Å²) >= 11 is 0. The van der Waals surface area contributed by atoms with Crippen molar-refractivity contribution in [3.05, 3.63) is 27.8 Å². The van der Waals surface area contributed by atoms with Crippen molar-refractivity contribution < 1.29 is 14.4 Å². The molecular weight excluding hydrogens is 324 g/mol. The third-order valence-electron chi connectivity index (χ3n) is 5.09. The Morgan fingerprint density at radius 3 is 2.52 bits per heavy atom. The van der Waals surface area contributed by atoms with Crippen LogP contribution in [-0.4, -0.2) is 74.3 Å². The second-order valence-corrected chi connectivity index (χ2v) is 6.56. The minimum absolute atomic E-state index is 0.0864. The smallest absolute Gasteiger partial charge is 0.277 e. The van der Waals surface area contributed by atoms with Crippen LogP contribution in [0.15, 0.2) is 12.1 Å². The van der Waals surface area contributed by atoms with Gasteiger partial charge in [0.05, 0.1) is 25.2 Å². The standard InChI is InChI=1S/C17H26N4O4/c1-24-16-9-13(15(21(22)23)10-17(16)25-2)11-19-6-3-14(12-19)20-7-4-18-5-8-20/h9-10,14,18H,3-8,11-12H2,1-2H3. The molecule has 0 radical (unpaired) electrons. The molecule has 2 aliphatic rings. The minimum atomic E-state index is -0.346. The summed E-state index contributed by atoms with van der Waals surface area (Å²) in [6.45, 7) is 6.70. The molecule has 0 aromatic heterocycles. The molecular formula is C17H26N4O4. The lowest BCUT2D eigenvalue weighted by molar-refractivity contribution is -0.385. The molecule has 1 aromatic carbocycles. The van der Waals surface area contributed by atoms with Crippen molar-refractivity contribution in [2.45, 2.75) is 19.0 Å². The van der Waals surface area contributed by atoms with E-state index in [4.69, 9.17) is 9.47 Å². The van der Waals surface area contributed by atoms with E-state index in [9.17, 15) is 10.1 Å². The SMILES string of the molecule is COc1cc(CN2CCC(N3CCNCC3)C2)c([N+](=O)[O-])cc1OC. The van der Waals surface area contributed by atoms with Crippen molar-refractivity contribution in [3.63, 3.8) is 0 Å². The van der Waals surface area contributed by atoms with E-state index in [0.717, 1.165) is 45.7 Å². The van der Waals surface area contributed by atoms with Gasteiger partial charge in [0.2, 0.25) is 0 Å². The van der Waals surface area contributed by atoms with Gasteiger partial charge in [-0.05, 0) is 12.5 Å². The molecule has 1 aromatic rings. The van der Waals surface area contributed by atoms with Gasteiger partial charge in [0.15, 0.2) is 11.5 Å². The van der Waals surface area contributed by atoms with Crippen LogP contribution in [0.3, 0.4) is 0 Å². The van der Waals surface area contributed by atoms with Gasteiger partial charge in [-0.15, -0.1) is 0 Å². The molecule has 0 spiro atoms. The Balaban J connectivity index is 1.72. The highest BCUT2D eigenvalue weighted by Gasteiger charge is 2.30. The van der Waals surface area contributed by atoms with Crippen LogP contribution < -0.4 is 14.8 Å². The Bertz CT molecular complexity index is 619. The van der Waals surface area contributed by atoms with Crippen LogP contribution in [0.25, 0.3) is 0 Å². The highest BCUT2D eigenvalue weighted by atomic mass is 16.6. The average molecular weight is 350 g/mol. The number of nitrogens with zero attached hydrogens (tertiary/aromatic N) is 3. The largest absolute Gasteiger partial charge is 0.493 e. The number of hydrogen-bond donors (Lipinski definition) is 1. The zero-order chi connectivity index (χ0) is 17.8. The van der Waals surface area contributed by atoms with Crippen molar-refractivity contribution in [1.29, 1.82) is 0 Å². The first-order chi connectivity index (χ1) is 12.1. The Kier molecular flexibility index (Phi) is 5.72. The molecule has 8 nitrogen and oxygen atoms in total. The molecule has 25 heavy (non-hydrogen) atoms. The van der Waals surface area contributed by atoms with Crippen LogP contribution in [0.2, 0.25) is 0 Å². The van der Waals surface area contributed by atoms with Crippen LogP contribution in [0.1, 0.15) is 12.0 Å². The van der Waals surface area contributed by atoms with Gasteiger partial charge in [-0.2, -0.15) is 0 Å². The molecule has 1 unspecified atom stereocenters. The predicted octanol–water partition coefficient (Wildman–Crippen LogP) is 1.09. The zero-order valence-electron chi connectivity index (χ0n) is 14.9. The molecule has 1 atom stereocenters. The number of nitro groups is 1. The molecule has 2 heterocycles. The van der Waals surface area contributed by atoms with Gasteiger partial charge in [0.25, 0.3) is 5.69 Å². The van der Waals surface area contributed by atoms with Gasteiger partial charge in [0.1, 0.15) is 0 Å². The normalized spacial score (nSPS) is 22.1. The van der Waals surface area contributed by atoms with Crippen molar-refractivity contribution in [2.24, 2.45) is 0 Å². The van der Waals surface area contributed by atoms with Gasteiger partial charge in [0, 0.05) is 57.4 Å². The van der Waals surface area contributed by atoms with E-state index in [-0.39, 0.29) is 10.6 Å². The van der Waals surface area contributed by atoms with Gasteiger partial charge >= 0.3 is 0 Å². The monoisotopic (exact) mass is 350 g/mol. The number of nitro benzene ring substituents is 1. The van der Waals surface area contributed by atoms with Gasteiger partial charge in [-0.25, -0.2) is 0 Å². The second kappa shape index (κ2) is 7.99. The maximum atomic E-state index is 11.5. The van der Waals surface area contributed by atoms with Crippen molar-refractivity contribution in [2.75, 3.05) is 53.5 Å². The van der Waals surface area contributed by atoms with E-state index < -0.39 is 0 Å². The molecule has 0 amide bonds. The topological polar surface area (TPSA) is 80.1 Å². The van der Waals surface area contributed by atoms with E-state index in [0.29, 0.717) is 29.6 Å². The first-order valence-corrected chi connectivity index (χ1v) is 8.68. The summed E-state index contributed by atoms with van der Waals surface area (Å²) in [4.78, 5) is 15.9. The fraction of sp³-hybridized carbons (Fsp3) is 0.647. The number of piperazine rings is 1. The van der Waals surface area contributed by atoms with Crippen molar-refractivity contribution >= 4 is 5.69 Å². The van der Waals surface area contributed by atoms with Crippen LogP contribution in [0.5, 0.6) is 11.5 Å². The third kappa shape index (κ3) is 4.02. The summed E-state index contributed by atoms with van der Waals surface area (Å²) in [5.41, 5.74) is 0.756. The first kappa shape index (κ1) is 17.9. The van der Waals surface area contributed by atoms with Crippen LogP contribution in [0, 0.1) is 10.1 Å². The number of rotatable bonds is 6. The Hall–Kier alpha value is -1.90. The van der Waals surface area contributed by atoms with Crippen LogP contribution >= 0.6 is 0 Å². The molecule has 138 valence electrons. The van der Waals surface area contributed by atoms with Crippen LogP contribution in [-0.2, 0) is 6.54 Å². The van der Waals surface area contributed by atoms with E-state index >= 15 is 0 Å². The fourth-order valence-electron chi connectivity index (χ4n) is 3.75. The summed E-state index contributed by atoms with van der Waals surface area (Å²) < 4.78 is 10.5. The first-order valence-electron chi connectivity index (χ1n) is 8.68. The molecule has 8 heteroatoms. The van der Waals surface area contributed by atoms with Gasteiger partial charge < -0.3 is 14.8 Å². The molecule has 2 saturated heterocycles. The fourth-order valence-corrected chi connectivity index (χ4v) is 3.75. The number of nitrogens with one attached hydrogen (secondary N) is 1. The zero-order valence-corrected chi connectivity index (χ0v) is 14.9. The van der Waals surface area contributed by atoms with E-state index in [1.165, 1.54) is 13.2 Å². The van der Waals surface area contributed by atoms with E-state index in [2.05, 4.69) is 15.1 Å². The van der Waals surface area contributed by atoms with E-state index in [1.807, 2.05) is 0 Å². The quantitative estimate of drug-likeness (QED) is 0.608. The second-order valence-electron chi connectivity index (χ2n) is 6.56. The molecule has 1 N–H and O–H groups in total. The molecule has 0 saturated carbocycles. The highest BCUT2D eigenvalue weighted by Crippen LogP contribution is 2.35. The summed E-state index contributed by atoms with van der Waals surface area (Å²) in [6, 6.07) is 3.73. The Morgan fingerprint density at radius 1 is 1.20 bits per heavy atom. The summed E-state index contributed by atoms with van der Waals surface area (Å²) in [7, 11) is 3.03. The Labute approximate surface area is 147 Å². The number of likely N-dealkylation sites (tertiary alicyclic amines) is 1.